The minimum Gasteiger partial charge on any atom is -0.459 e. The molecule has 0 radical (unpaired) electrons. The van der Waals surface area contributed by atoms with Crippen molar-refractivity contribution in [2.24, 2.45) is 0 Å². The fourth-order valence-electron chi connectivity index (χ4n) is 0.965. The molecule has 90 valence electrons. The Morgan fingerprint density at radius 1 is 1.40 bits per heavy atom. The monoisotopic (exact) mass is 217 g/mol. The maximum Gasteiger partial charge on any atom is 0.323 e. The molecule has 0 aromatic rings. The summed E-state index contributed by atoms with van der Waals surface area (Å²) < 4.78 is 10.4. The molecule has 0 aliphatic carbocycles. The number of rotatable bonds is 6. The van der Waals surface area contributed by atoms with E-state index in [9.17, 15) is 4.79 Å². The smallest absolute Gasteiger partial charge is 0.323 e. The zero-order chi connectivity index (χ0) is 11.9. The lowest BCUT2D eigenvalue weighted by Gasteiger charge is -2.22. The first-order valence-electron chi connectivity index (χ1n) is 5.41. The van der Waals surface area contributed by atoms with Gasteiger partial charge in [-0.3, -0.25) is 4.79 Å². The van der Waals surface area contributed by atoms with Gasteiger partial charge >= 0.3 is 5.97 Å². The molecule has 0 fully saturated rings. The molecule has 0 saturated carbocycles. The highest BCUT2D eigenvalue weighted by molar-refractivity contribution is 5.75. The second-order valence-corrected chi connectivity index (χ2v) is 4.41. The summed E-state index contributed by atoms with van der Waals surface area (Å²) in [6.45, 7) is 11.3. The molecule has 15 heavy (non-hydrogen) atoms. The van der Waals surface area contributed by atoms with Crippen LogP contribution in [0.2, 0.25) is 0 Å². The van der Waals surface area contributed by atoms with Crippen molar-refractivity contribution >= 4 is 5.97 Å². The number of ether oxygens (including phenoxy) is 2. The van der Waals surface area contributed by atoms with Crippen LogP contribution in [0.4, 0.5) is 0 Å². The first-order chi connectivity index (χ1) is 6.87. The van der Waals surface area contributed by atoms with Crippen molar-refractivity contribution in [1.29, 1.82) is 0 Å². The highest BCUT2D eigenvalue weighted by Gasteiger charge is 2.20. The van der Waals surface area contributed by atoms with Gasteiger partial charge < -0.3 is 14.8 Å². The van der Waals surface area contributed by atoms with Gasteiger partial charge in [-0.15, -0.1) is 0 Å². The Hall–Kier alpha value is -0.610. The highest BCUT2D eigenvalue weighted by atomic mass is 16.6. The van der Waals surface area contributed by atoms with Gasteiger partial charge in [-0.25, -0.2) is 0 Å². The maximum atomic E-state index is 11.5. The van der Waals surface area contributed by atoms with E-state index in [0.717, 1.165) is 0 Å². The number of carbonyl (C=O) groups excluding carboxylic acids is 1. The largest absolute Gasteiger partial charge is 0.459 e. The summed E-state index contributed by atoms with van der Waals surface area (Å²) in [7, 11) is 0. The topological polar surface area (TPSA) is 47.6 Å². The van der Waals surface area contributed by atoms with Crippen LogP contribution in [0.1, 0.15) is 34.6 Å². The number of carbonyl (C=O) groups is 1. The van der Waals surface area contributed by atoms with Gasteiger partial charge in [-0.05, 0) is 34.6 Å². The Kier molecular flexibility index (Phi) is 6.52. The van der Waals surface area contributed by atoms with Crippen LogP contribution >= 0.6 is 0 Å². The van der Waals surface area contributed by atoms with E-state index in [0.29, 0.717) is 19.8 Å². The third kappa shape index (κ3) is 8.39. The second-order valence-electron chi connectivity index (χ2n) is 4.41. The van der Waals surface area contributed by atoms with E-state index >= 15 is 0 Å². The standard InChI is InChI=1S/C11H23NO3/c1-6-14-8-7-12-9(2)10(13)15-11(3,4)5/h9,12H,6-8H2,1-5H3/t9-/m1/s1. The van der Waals surface area contributed by atoms with Gasteiger partial charge in [0.15, 0.2) is 0 Å². The van der Waals surface area contributed by atoms with Gasteiger partial charge in [0.1, 0.15) is 11.6 Å². The van der Waals surface area contributed by atoms with Crippen LogP contribution in [-0.2, 0) is 14.3 Å². The Balaban J connectivity index is 3.70. The average Bonchev–Trinajstić information content (AvgIpc) is 2.09. The van der Waals surface area contributed by atoms with Crippen LogP contribution in [0.25, 0.3) is 0 Å². The molecule has 4 nitrogen and oxygen atoms in total. The lowest BCUT2D eigenvalue weighted by Crippen LogP contribution is -2.40. The van der Waals surface area contributed by atoms with E-state index < -0.39 is 5.60 Å². The lowest BCUT2D eigenvalue weighted by atomic mass is 10.2. The van der Waals surface area contributed by atoms with E-state index in [2.05, 4.69) is 5.32 Å². The average molecular weight is 217 g/mol. The SMILES string of the molecule is CCOCCN[C@H](C)C(=O)OC(C)(C)C. The summed E-state index contributed by atoms with van der Waals surface area (Å²) in [5.74, 6) is -0.223. The molecular formula is C11H23NO3. The predicted octanol–water partition coefficient (Wildman–Crippen LogP) is 1.34. The Morgan fingerprint density at radius 2 is 2.00 bits per heavy atom. The summed E-state index contributed by atoms with van der Waals surface area (Å²) in [5, 5.41) is 3.04. The van der Waals surface area contributed by atoms with E-state index in [1.54, 1.807) is 6.92 Å². The molecule has 1 atom stereocenters. The minimum absolute atomic E-state index is 0.223. The zero-order valence-electron chi connectivity index (χ0n) is 10.4. The van der Waals surface area contributed by atoms with E-state index in [4.69, 9.17) is 9.47 Å². The summed E-state index contributed by atoms with van der Waals surface area (Å²) in [5.41, 5.74) is -0.424. The van der Waals surface area contributed by atoms with Crippen LogP contribution in [0.3, 0.4) is 0 Å². The Bertz CT molecular complexity index is 187. The molecule has 0 bridgehead atoms. The van der Waals surface area contributed by atoms with Gasteiger partial charge in [0.05, 0.1) is 6.61 Å². The second kappa shape index (κ2) is 6.80. The first kappa shape index (κ1) is 14.4. The quantitative estimate of drug-likeness (QED) is 0.539. The molecule has 0 spiro atoms. The normalized spacial score (nSPS) is 13.7. The number of hydrogen-bond acceptors (Lipinski definition) is 4. The van der Waals surface area contributed by atoms with Crippen molar-refractivity contribution in [1.82, 2.24) is 5.32 Å². The number of nitrogens with one attached hydrogen (secondary N) is 1. The molecule has 0 unspecified atom stereocenters. The summed E-state index contributed by atoms with van der Waals surface area (Å²) in [6, 6.07) is -0.287. The molecule has 0 aliphatic heterocycles. The van der Waals surface area contributed by atoms with E-state index in [-0.39, 0.29) is 12.0 Å². The van der Waals surface area contributed by atoms with Crippen molar-refractivity contribution in [2.75, 3.05) is 19.8 Å². The molecule has 0 aromatic carbocycles. The van der Waals surface area contributed by atoms with Crippen LogP contribution in [0, 0.1) is 0 Å². The summed E-state index contributed by atoms with van der Waals surface area (Å²) in [4.78, 5) is 11.5. The summed E-state index contributed by atoms with van der Waals surface area (Å²) >= 11 is 0. The Morgan fingerprint density at radius 3 is 2.47 bits per heavy atom. The van der Waals surface area contributed by atoms with Crippen LogP contribution < -0.4 is 5.32 Å². The van der Waals surface area contributed by atoms with Gasteiger partial charge in [0.2, 0.25) is 0 Å². The lowest BCUT2D eigenvalue weighted by molar-refractivity contribution is -0.157. The van der Waals surface area contributed by atoms with Gasteiger partial charge in [0, 0.05) is 13.2 Å². The molecule has 0 amide bonds. The van der Waals surface area contributed by atoms with Gasteiger partial charge in [0.25, 0.3) is 0 Å². The third-order valence-corrected chi connectivity index (χ3v) is 1.66. The zero-order valence-corrected chi connectivity index (χ0v) is 10.4. The Labute approximate surface area is 92.3 Å². The summed E-state index contributed by atoms with van der Waals surface area (Å²) in [6.07, 6.45) is 0. The first-order valence-corrected chi connectivity index (χ1v) is 5.41. The fraction of sp³-hybridized carbons (Fsp3) is 0.909. The molecular weight excluding hydrogens is 194 g/mol. The van der Waals surface area contributed by atoms with Crippen molar-refractivity contribution in [2.45, 2.75) is 46.3 Å². The molecule has 0 aromatic heterocycles. The molecule has 0 rings (SSSR count). The van der Waals surface area contributed by atoms with E-state index in [1.807, 2.05) is 27.7 Å². The highest BCUT2D eigenvalue weighted by Crippen LogP contribution is 2.07. The van der Waals surface area contributed by atoms with Crippen molar-refractivity contribution in [3.8, 4) is 0 Å². The van der Waals surface area contributed by atoms with E-state index in [1.165, 1.54) is 0 Å². The molecule has 1 N–H and O–H groups in total. The van der Waals surface area contributed by atoms with Crippen LogP contribution in [0.15, 0.2) is 0 Å². The molecule has 4 heteroatoms. The van der Waals surface area contributed by atoms with Crippen molar-refractivity contribution < 1.29 is 14.3 Å². The van der Waals surface area contributed by atoms with Gasteiger partial charge in [-0.1, -0.05) is 0 Å². The minimum atomic E-state index is -0.424. The van der Waals surface area contributed by atoms with Crippen molar-refractivity contribution in [3.63, 3.8) is 0 Å². The van der Waals surface area contributed by atoms with Gasteiger partial charge in [-0.2, -0.15) is 0 Å². The van der Waals surface area contributed by atoms with Crippen LogP contribution in [0.5, 0.6) is 0 Å². The fourth-order valence-corrected chi connectivity index (χ4v) is 0.965. The van der Waals surface area contributed by atoms with Crippen molar-refractivity contribution in [3.05, 3.63) is 0 Å². The predicted molar refractivity (Wildman–Crippen MR) is 59.8 cm³/mol. The van der Waals surface area contributed by atoms with Crippen LogP contribution in [-0.4, -0.2) is 37.4 Å². The number of esters is 1. The molecule has 0 aliphatic rings. The maximum absolute atomic E-state index is 11.5. The third-order valence-electron chi connectivity index (χ3n) is 1.66. The molecule has 0 saturated heterocycles. The molecule has 0 heterocycles. The number of hydrogen-bond donors (Lipinski definition) is 1.